The van der Waals surface area contributed by atoms with E-state index >= 15 is 0 Å². The smallest absolute Gasteiger partial charge is 0.239 e. The van der Waals surface area contributed by atoms with Crippen molar-refractivity contribution >= 4 is 34.4 Å². The van der Waals surface area contributed by atoms with Gasteiger partial charge >= 0.3 is 0 Å². The second-order valence-corrected chi connectivity index (χ2v) is 4.26. The lowest BCUT2D eigenvalue weighted by atomic mass is 10.5. The van der Waals surface area contributed by atoms with E-state index in [1.54, 1.807) is 24.3 Å². The Bertz CT molecular complexity index is 327. The molecule has 0 atom stereocenters. The monoisotopic (exact) mass is 320 g/mol. The van der Waals surface area contributed by atoms with Crippen molar-refractivity contribution in [3.8, 4) is 0 Å². The van der Waals surface area contributed by atoms with Gasteiger partial charge < -0.3 is 10.2 Å². The van der Waals surface area contributed by atoms with Crippen LogP contribution in [0.4, 0.5) is 5.95 Å². The molecule has 0 aliphatic carbocycles. The van der Waals surface area contributed by atoms with E-state index < -0.39 is 0 Å². The highest BCUT2D eigenvalue weighted by Gasteiger charge is 2.08. The number of carbonyl (C=O) groups is 1. The van der Waals surface area contributed by atoms with Crippen molar-refractivity contribution in [3.63, 3.8) is 0 Å². The highest BCUT2D eigenvalue weighted by molar-refractivity contribution is 14.1. The maximum absolute atomic E-state index is 11.3. The summed E-state index contributed by atoms with van der Waals surface area (Å²) in [7, 11) is 1.79. The van der Waals surface area contributed by atoms with E-state index in [9.17, 15) is 4.79 Å². The molecule has 1 rings (SSSR count). The summed E-state index contributed by atoms with van der Waals surface area (Å²) >= 11 is 2.14. The number of anilines is 1. The predicted octanol–water partition coefficient (Wildman–Crippen LogP) is 0.653. The van der Waals surface area contributed by atoms with Crippen LogP contribution in [-0.2, 0) is 4.79 Å². The van der Waals surface area contributed by atoms with Gasteiger partial charge in [0.05, 0.1) is 6.54 Å². The highest BCUT2D eigenvalue weighted by Crippen LogP contribution is 2.05. The zero-order valence-corrected chi connectivity index (χ0v) is 10.9. The van der Waals surface area contributed by atoms with Crippen LogP contribution < -0.4 is 10.2 Å². The van der Waals surface area contributed by atoms with Gasteiger partial charge in [-0.05, 0) is 29.5 Å². The lowest BCUT2D eigenvalue weighted by molar-refractivity contribution is -0.119. The van der Waals surface area contributed by atoms with Gasteiger partial charge in [-0.3, -0.25) is 4.79 Å². The van der Waals surface area contributed by atoms with Gasteiger partial charge in [-0.2, -0.15) is 0 Å². The summed E-state index contributed by atoms with van der Waals surface area (Å²) in [5, 5.41) is 2.72. The van der Waals surface area contributed by atoms with Gasteiger partial charge in [0, 0.05) is 29.6 Å². The molecule has 0 saturated heterocycles. The average molecular weight is 320 g/mol. The Kier molecular flexibility index (Phi) is 4.73. The third kappa shape index (κ3) is 3.98. The number of likely N-dealkylation sites (N-methyl/N-ethyl adjacent to an activating group) is 2. The zero-order valence-electron chi connectivity index (χ0n) is 8.70. The number of hydrogen-bond donors (Lipinski definition) is 1. The fourth-order valence-electron chi connectivity index (χ4n) is 1.04. The number of hydrogen-bond acceptors (Lipinski definition) is 4. The average Bonchev–Trinajstić information content (AvgIpc) is 2.18. The summed E-state index contributed by atoms with van der Waals surface area (Å²) in [4.78, 5) is 21.2. The fourth-order valence-corrected chi connectivity index (χ4v) is 1.32. The molecule has 15 heavy (non-hydrogen) atoms. The second-order valence-electron chi connectivity index (χ2n) is 3.01. The fraction of sp³-hybridized carbons (Fsp3) is 0.444. The molecule has 0 aromatic carbocycles. The summed E-state index contributed by atoms with van der Waals surface area (Å²) in [5.41, 5.74) is 0. The largest absolute Gasteiger partial charge is 0.355 e. The Morgan fingerprint density at radius 1 is 1.53 bits per heavy atom. The molecular weight excluding hydrogens is 307 g/mol. The molecule has 1 aromatic rings. The van der Waals surface area contributed by atoms with Crippen molar-refractivity contribution < 1.29 is 4.79 Å². The molecule has 0 radical (unpaired) electrons. The summed E-state index contributed by atoms with van der Waals surface area (Å²) in [6.07, 6.45) is 3.44. The lowest BCUT2D eigenvalue weighted by Gasteiger charge is -2.15. The van der Waals surface area contributed by atoms with Crippen molar-refractivity contribution in [1.82, 2.24) is 15.3 Å². The summed E-state index contributed by atoms with van der Waals surface area (Å²) in [5.74, 6) is 0.531. The second kappa shape index (κ2) is 5.84. The number of amides is 1. The third-order valence-corrected chi connectivity index (χ3v) is 2.26. The van der Waals surface area contributed by atoms with Gasteiger partial charge in [0.25, 0.3) is 0 Å². The molecule has 0 unspecified atom stereocenters. The summed E-state index contributed by atoms with van der Waals surface area (Å²) in [6, 6.07) is 0. The molecule has 5 nitrogen and oxygen atoms in total. The van der Waals surface area contributed by atoms with E-state index in [1.807, 2.05) is 6.92 Å². The molecule has 1 N–H and O–H groups in total. The number of nitrogens with zero attached hydrogens (tertiary/aromatic N) is 3. The SMILES string of the molecule is CCNC(=O)CN(C)c1ncc(I)cn1. The molecule has 0 aliphatic rings. The van der Waals surface area contributed by atoms with E-state index in [2.05, 4.69) is 37.9 Å². The minimum Gasteiger partial charge on any atom is -0.355 e. The van der Waals surface area contributed by atoms with E-state index in [4.69, 9.17) is 0 Å². The van der Waals surface area contributed by atoms with E-state index in [1.165, 1.54) is 0 Å². The standard InChI is InChI=1S/C9H13IN4O/c1-3-11-8(15)6-14(2)9-12-4-7(10)5-13-9/h4-5H,3,6H2,1-2H3,(H,11,15). The molecule has 0 saturated carbocycles. The zero-order chi connectivity index (χ0) is 11.3. The van der Waals surface area contributed by atoms with Crippen molar-refractivity contribution in [1.29, 1.82) is 0 Å². The van der Waals surface area contributed by atoms with Gasteiger partial charge in [-0.1, -0.05) is 0 Å². The van der Waals surface area contributed by atoms with Crippen molar-refractivity contribution in [3.05, 3.63) is 16.0 Å². The maximum atomic E-state index is 11.3. The van der Waals surface area contributed by atoms with Gasteiger partial charge in [-0.15, -0.1) is 0 Å². The number of carbonyl (C=O) groups excluding carboxylic acids is 1. The van der Waals surface area contributed by atoms with Crippen LogP contribution >= 0.6 is 22.6 Å². The van der Waals surface area contributed by atoms with Crippen LogP contribution in [0.1, 0.15) is 6.92 Å². The van der Waals surface area contributed by atoms with Gasteiger partial charge in [0.1, 0.15) is 0 Å². The number of rotatable bonds is 4. The molecule has 1 amide bonds. The van der Waals surface area contributed by atoms with Crippen molar-refractivity contribution in [2.45, 2.75) is 6.92 Å². The third-order valence-electron chi connectivity index (χ3n) is 1.70. The van der Waals surface area contributed by atoms with Crippen LogP contribution in [0.15, 0.2) is 12.4 Å². The minimum absolute atomic E-state index is 0.0258. The van der Waals surface area contributed by atoms with E-state index in [0.717, 1.165) is 3.57 Å². The molecule has 0 spiro atoms. The first-order valence-electron chi connectivity index (χ1n) is 4.59. The van der Waals surface area contributed by atoms with E-state index in [-0.39, 0.29) is 12.5 Å². The number of aromatic nitrogens is 2. The summed E-state index contributed by atoms with van der Waals surface area (Å²) < 4.78 is 0.975. The normalized spacial score (nSPS) is 9.80. The van der Waals surface area contributed by atoms with Crippen LogP contribution in [0, 0.1) is 3.57 Å². The molecule has 0 bridgehead atoms. The minimum atomic E-state index is -0.0258. The Morgan fingerprint density at radius 2 is 2.13 bits per heavy atom. The molecular formula is C9H13IN4O. The first-order chi connectivity index (χ1) is 7.13. The van der Waals surface area contributed by atoms with E-state index in [0.29, 0.717) is 12.5 Å². The lowest BCUT2D eigenvalue weighted by Crippen LogP contribution is -2.35. The first-order valence-corrected chi connectivity index (χ1v) is 5.66. The van der Waals surface area contributed by atoms with Crippen molar-refractivity contribution in [2.24, 2.45) is 0 Å². The summed E-state index contributed by atoms with van der Waals surface area (Å²) in [6.45, 7) is 2.80. The molecule has 0 aliphatic heterocycles. The highest BCUT2D eigenvalue weighted by atomic mass is 127. The molecule has 1 heterocycles. The van der Waals surface area contributed by atoms with Crippen LogP contribution in [0.3, 0.4) is 0 Å². The molecule has 6 heteroatoms. The van der Waals surface area contributed by atoms with Gasteiger partial charge in [0.15, 0.2) is 0 Å². The molecule has 1 aromatic heterocycles. The topological polar surface area (TPSA) is 58.1 Å². The Hall–Kier alpha value is -0.920. The Labute approximate surface area is 102 Å². The molecule has 0 fully saturated rings. The number of nitrogens with one attached hydrogen (secondary N) is 1. The Balaban J connectivity index is 2.57. The predicted molar refractivity (Wildman–Crippen MR) is 66.7 cm³/mol. The van der Waals surface area contributed by atoms with Gasteiger partial charge in [-0.25, -0.2) is 9.97 Å². The quantitative estimate of drug-likeness (QED) is 0.828. The van der Waals surface area contributed by atoms with Crippen LogP contribution in [-0.4, -0.2) is 36.0 Å². The first kappa shape index (κ1) is 12.2. The van der Waals surface area contributed by atoms with Gasteiger partial charge in [0.2, 0.25) is 11.9 Å². The maximum Gasteiger partial charge on any atom is 0.239 e. The number of halogens is 1. The van der Waals surface area contributed by atoms with Crippen LogP contribution in [0.25, 0.3) is 0 Å². The van der Waals surface area contributed by atoms with Crippen LogP contribution in [0.5, 0.6) is 0 Å². The van der Waals surface area contributed by atoms with Crippen LogP contribution in [0.2, 0.25) is 0 Å². The Morgan fingerprint density at radius 3 is 2.67 bits per heavy atom. The van der Waals surface area contributed by atoms with Crippen molar-refractivity contribution in [2.75, 3.05) is 25.0 Å². The molecule has 82 valence electrons.